The summed E-state index contributed by atoms with van der Waals surface area (Å²) < 4.78 is 12.7. The third-order valence-electron chi connectivity index (χ3n) is 2.35. The van der Waals surface area contributed by atoms with Crippen LogP contribution >= 0.6 is 0 Å². The lowest BCUT2D eigenvalue weighted by Gasteiger charge is -2.10. The molecule has 0 aliphatic rings. The maximum absolute atomic E-state index is 12.7. The average molecular weight is 217 g/mol. The molecule has 2 aromatic rings. The Morgan fingerprint density at radius 2 is 1.94 bits per heavy atom. The zero-order valence-electron chi connectivity index (χ0n) is 8.68. The summed E-state index contributed by atoms with van der Waals surface area (Å²) in [7, 11) is 0. The highest BCUT2D eigenvalue weighted by atomic mass is 19.1. The van der Waals surface area contributed by atoms with Crippen molar-refractivity contribution in [3.63, 3.8) is 0 Å². The highest BCUT2D eigenvalue weighted by Gasteiger charge is 2.07. The van der Waals surface area contributed by atoms with E-state index in [-0.39, 0.29) is 11.9 Å². The van der Waals surface area contributed by atoms with Crippen LogP contribution in [-0.2, 0) is 6.42 Å². The molecule has 82 valence electrons. The molecule has 0 radical (unpaired) electrons. The Morgan fingerprint density at radius 3 is 2.56 bits per heavy atom. The highest BCUT2D eigenvalue weighted by Crippen LogP contribution is 2.13. The van der Waals surface area contributed by atoms with E-state index in [1.807, 2.05) is 0 Å². The molecule has 2 rings (SSSR count). The molecule has 0 amide bonds. The summed E-state index contributed by atoms with van der Waals surface area (Å²) in [5, 5.41) is 0. The molecule has 0 saturated heterocycles. The summed E-state index contributed by atoms with van der Waals surface area (Å²) in [6, 6.07) is 7.93. The topological polar surface area (TPSA) is 51.8 Å². The molecule has 1 unspecified atom stereocenters. The fourth-order valence-corrected chi connectivity index (χ4v) is 1.50. The van der Waals surface area contributed by atoms with Crippen LogP contribution in [-0.4, -0.2) is 9.97 Å². The molecule has 4 heteroatoms. The van der Waals surface area contributed by atoms with Crippen LogP contribution in [0.25, 0.3) is 0 Å². The van der Waals surface area contributed by atoms with Gasteiger partial charge in [0.2, 0.25) is 0 Å². The molecule has 0 aliphatic heterocycles. The Bertz CT molecular complexity index is 442. The summed E-state index contributed by atoms with van der Waals surface area (Å²) in [5.41, 5.74) is 7.77. The van der Waals surface area contributed by atoms with Crippen molar-refractivity contribution >= 4 is 0 Å². The second kappa shape index (κ2) is 4.81. The number of aromatic nitrogens is 2. The molecule has 0 saturated carbocycles. The number of hydrogen-bond donors (Lipinski definition) is 1. The number of nitrogens with zero attached hydrogens (tertiary/aromatic N) is 2. The van der Waals surface area contributed by atoms with Crippen LogP contribution in [0.1, 0.15) is 17.3 Å². The van der Waals surface area contributed by atoms with Gasteiger partial charge in [-0.1, -0.05) is 12.1 Å². The number of hydrogen-bond acceptors (Lipinski definition) is 3. The van der Waals surface area contributed by atoms with E-state index < -0.39 is 0 Å². The van der Waals surface area contributed by atoms with Gasteiger partial charge >= 0.3 is 0 Å². The molecule has 1 aromatic heterocycles. The lowest BCUT2D eigenvalue weighted by Crippen LogP contribution is -2.14. The Balaban J connectivity index is 2.08. The minimum atomic E-state index is -0.237. The van der Waals surface area contributed by atoms with Gasteiger partial charge in [0.25, 0.3) is 0 Å². The van der Waals surface area contributed by atoms with Gasteiger partial charge in [-0.2, -0.15) is 0 Å². The lowest BCUT2D eigenvalue weighted by atomic mass is 10.0. The third kappa shape index (κ3) is 2.61. The van der Waals surface area contributed by atoms with Crippen LogP contribution in [0.5, 0.6) is 0 Å². The number of rotatable bonds is 3. The summed E-state index contributed by atoms with van der Waals surface area (Å²) >= 11 is 0. The molecular weight excluding hydrogens is 205 g/mol. The molecular formula is C12H12FN3. The van der Waals surface area contributed by atoms with Crippen molar-refractivity contribution in [3.8, 4) is 0 Å². The fourth-order valence-electron chi connectivity index (χ4n) is 1.50. The van der Waals surface area contributed by atoms with Crippen LogP contribution in [0.15, 0.2) is 42.9 Å². The van der Waals surface area contributed by atoms with Crippen molar-refractivity contribution in [1.29, 1.82) is 0 Å². The van der Waals surface area contributed by atoms with E-state index in [0.717, 1.165) is 11.3 Å². The predicted molar refractivity (Wildman–Crippen MR) is 59.1 cm³/mol. The number of nitrogens with two attached hydrogens (primary N) is 1. The molecule has 0 aliphatic carbocycles. The average Bonchev–Trinajstić information content (AvgIpc) is 2.33. The maximum atomic E-state index is 12.7. The van der Waals surface area contributed by atoms with Crippen molar-refractivity contribution < 1.29 is 4.39 Å². The van der Waals surface area contributed by atoms with E-state index in [4.69, 9.17) is 5.73 Å². The third-order valence-corrected chi connectivity index (χ3v) is 2.35. The first-order chi connectivity index (χ1) is 7.75. The zero-order valence-corrected chi connectivity index (χ0v) is 8.68. The van der Waals surface area contributed by atoms with Gasteiger partial charge in [-0.25, -0.2) is 14.4 Å². The second-order valence-corrected chi connectivity index (χ2v) is 3.57. The summed E-state index contributed by atoms with van der Waals surface area (Å²) in [6.45, 7) is 0. The minimum absolute atomic E-state index is 0.187. The van der Waals surface area contributed by atoms with Crippen LogP contribution in [0.3, 0.4) is 0 Å². The van der Waals surface area contributed by atoms with Crippen LogP contribution in [0.2, 0.25) is 0 Å². The van der Waals surface area contributed by atoms with Gasteiger partial charge in [0.1, 0.15) is 12.1 Å². The Kier molecular flexibility index (Phi) is 3.22. The second-order valence-electron chi connectivity index (χ2n) is 3.57. The molecule has 0 fully saturated rings. The Labute approximate surface area is 93.2 Å². The van der Waals surface area contributed by atoms with E-state index in [1.165, 1.54) is 18.5 Å². The van der Waals surface area contributed by atoms with E-state index >= 15 is 0 Å². The molecule has 0 spiro atoms. The zero-order chi connectivity index (χ0) is 11.4. The molecule has 1 atom stereocenters. The summed E-state index contributed by atoms with van der Waals surface area (Å²) in [4.78, 5) is 7.91. The van der Waals surface area contributed by atoms with Crippen molar-refractivity contribution in [2.75, 3.05) is 0 Å². The lowest BCUT2D eigenvalue weighted by molar-refractivity contribution is 0.625. The highest BCUT2D eigenvalue weighted by molar-refractivity contribution is 5.19. The first-order valence-corrected chi connectivity index (χ1v) is 5.01. The van der Waals surface area contributed by atoms with E-state index in [1.54, 1.807) is 24.4 Å². The molecule has 1 aromatic carbocycles. The van der Waals surface area contributed by atoms with Crippen LogP contribution in [0, 0.1) is 5.82 Å². The van der Waals surface area contributed by atoms with E-state index in [9.17, 15) is 4.39 Å². The van der Waals surface area contributed by atoms with Crippen LogP contribution < -0.4 is 5.73 Å². The van der Waals surface area contributed by atoms with Gasteiger partial charge in [-0.15, -0.1) is 0 Å². The predicted octanol–water partition coefficient (Wildman–Crippen LogP) is 1.86. The molecule has 3 nitrogen and oxygen atoms in total. The van der Waals surface area contributed by atoms with Crippen molar-refractivity contribution in [2.24, 2.45) is 5.73 Å². The van der Waals surface area contributed by atoms with Crippen molar-refractivity contribution in [1.82, 2.24) is 9.97 Å². The summed E-state index contributed by atoms with van der Waals surface area (Å²) in [6.07, 6.45) is 3.77. The Morgan fingerprint density at radius 1 is 1.19 bits per heavy atom. The minimum Gasteiger partial charge on any atom is -0.322 e. The largest absolute Gasteiger partial charge is 0.322 e. The van der Waals surface area contributed by atoms with E-state index in [2.05, 4.69) is 9.97 Å². The van der Waals surface area contributed by atoms with Crippen LogP contribution in [0.4, 0.5) is 4.39 Å². The van der Waals surface area contributed by atoms with Gasteiger partial charge < -0.3 is 5.73 Å². The monoisotopic (exact) mass is 217 g/mol. The number of halogens is 1. The van der Waals surface area contributed by atoms with Gasteiger partial charge in [0, 0.05) is 6.20 Å². The summed E-state index contributed by atoms with van der Waals surface area (Å²) in [5.74, 6) is -0.237. The molecule has 16 heavy (non-hydrogen) atoms. The van der Waals surface area contributed by atoms with Crippen molar-refractivity contribution in [3.05, 3.63) is 59.9 Å². The smallest absolute Gasteiger partial charge is 0.123 e. The standard InChI is InChI=1S/C12H12FN3/c13-10-3-1-9(2-4-10)7-11(14)12-5-6-15-8-16-12/h1-6,8,11H,7,14H2. The SMILES string of the molecule is NC(Cc1ccc(F)cc1)c1ccncn1. The molecule has 2 N–H and O–H groups in total. The van der Waals surface area contributed by atoms with Gasteiger partial charge in [-0.05, 0) is 30.2 Å². The van der Waals surface area contributed by atoms with Crippen molar-refractivity contribution in [2.45, 2.75) is 12.5 Å². The number of benzene rings is 1. The first-order valence-electron chi connectivity index (χ1n) is 5.01. The van der Waals surface area contributed by atoms with Gasteiger partial charge in [0.05, 0.1) is 11.7 Å². The molecule has 0 bridgehead atoms. The van der Waals surface area contributed by atoms with Gasteiger partial charge in [-0.3, -0.25) is 0 Å². The first kappa shape index (κ1) is 10.7. The van der Waals surface area contributed by atoms with E-state index in [0.29, 0.717) is 6.42 Å². The maximum Gasteiger partial charge on any atom is 0.123 e. The molecule has 1 heterocycles. The normalized spacial score (nSPS) is 12.4. The Hall–Kier alpha value is -1.81. The quantitative estimate of drug-likeness (QED) is 0.853. The fraction of sp³-hybridized carbons (Fsp3) is 0.167. The van der Waals surface area contributed by atoms with Gasteiger partial charge in [0.15, 0.2) is 0 Å².